The number of hydrogen-bond acceptors (Lipinski definition) is 4. The Bertz CT molecular complexity index is 422. The standard InChI is InChI=1S/C14H21NO3/c1-15-7-6-14(9-15,10-16)11-4-5-12(17-2)13(8-11)18-3/h4-5,8,16H,6-7,9-10H2,1-3H3. The summed E-state index contributed by atoms with van der Waals surface area (Å²) in [4.78, 5) is 2.24. The van der Waals surface area contributed by atoms with E-state index in [1.165, 1.54) is 0 Å². The SMILES string of the molecule is COc1ccc(C2(CO)CCN(C)C2)cc1OC. The quantitative estimate of drug-likeness (QED) is 0.875. The summed E-state index contributed by atoms with van der Waals surface area (Å²) in [6, 6.07) is 5.91. The summed E-state index contributed by atoms with van der Waals surface area (Å²) in [5.41, 5.74) is 0.945. The van der Waals surface area contributed by atoms with Crippen LogP contribution in [0.3, 0.4) is 0 Å². The van der Waals surface area contributed by atoms with Gasteiger partial charge in [0.05, 0.1) is 20.8 Å². The van der Waals surface area contributed by atoms with Crippen molar-refractivity contribution in [2.24, 2.45) is 0 Å². The van der Waals surface area contributed by atoms with E-state index in [1.54, 1.807) is 14.2 Å². The van der Waals surface area contributed by atoms with Crippen molar-refractivity contribution >= 4 is 0 Å². The molecule has 0 saturated carbocycles. The van der Waals surface area contributed by atoms with E-state index in [2.05, 4.69) is 11.9 Å². The lowest BCUT2D eigenvalue weighted by molar-refractivity contribution is 0.194. The van der Waals surface area contributed by atoms with Gasteiger partial charge >= 0.3 is 0 Å². The highest BCUT2D eigenvalue weighted by molar-refractivity contribution is 5.45. The first-order chi connectivity index (χ1) is 8.65. The Hall–Kier alpha value is -1.26. The van der Waals surface area contributed by atoms with Gasteiger partial charge in [0.25, 0.3) is 0 Å². The molecule has 0 radical (unpaired) electrons. The number of aliphatic hydroxyl groups excluding tert-OH is 1. The van der Waals surface area contributed by atoms with Crippen LogP contribution in [0.5, 0.6) is 11.5 Å². The Kier molecular flexibility index (Phi) is 3.78. The zero-order chi connectivity index (χ0) is 13.2. The van der Waals surface area contributed by atoms with Crippen molar-refractivity contribution in [3.63, 3.8) is 0 Å². The number of benzene rings is 1. The van der Waals surface area contributed by atoms with Crippen molar-refractivity contribution in [3.05, 3.63) is 23.8 Å². The summed E-state index contributed by atoms with van der Waals surface area (Å²) in [5, 5.41) is 9.78. The lowest BCUT2D eigenvalue weighted by Gasteiger charge is -2.28. The molecule has 1 unspecified atom stereocenters. The second-order valence-corrected chi connectivity index (χ2v) is 5.00. The summed E-state index contributed by atoms with van der Waals surface area (Å²) >= 11 is 0. The molecule has 1 aliphatic rings. The summed E-state index contributed by atoms with van der Waals surface area (Å²) in [6.07, 6.45) is 0.968. The number of aliphatic hydroxyl groups is 1. The molecule has 1 heterocycles. The topological polar surface area (TPSA) is 41.9 Å². The zero-order valence-electron chi connectivity index (χ0n) is 11.3. The number of likely N-dealkylation sites (N-methyl/N-ethyl adjacent to an activating group) is 1. The van der Waals surface area contributed by atoms with Crippen LogP contribution in [-0.4, -0.2) is 51.0 Å². The molecule has 1 aromatic carbocycles. The molecule has 100 valence electrons. The molecule has 1 saturated heterocycles. The first-order valence-electron chi connectivity index (χ1n) is 6.17. The molecular formula is C14H21NO3. The van der Waals surface area contributed by atoms with Gasteiger partial charge < -0.3 is 19.5 Å². The van der Waals surface area contributed by atoms with E-state index in [0.717, 1.165) is 36.6 Å². The first kappa shape index (κ1) is 13.2. The maximum absolute atomic E-state index is 9.78. The Morgan fingerprint density at radius 2 is 2.00 bits per heavy atom. The number of hydrogen-bond donors (Lipinski definition) is 1. The van der Waals surface area contributed by atoms with Crippen molar-refractivity contribution in [1.29, 1.82) is 0 Å². The first-order valence-corrected chi connectivity index (χ1v) is 6.17. The molecule has 0 bridgehead atoms. The highest BCUT2D eigenvalue weighted by Crippen LogP contribution is 2.38. The van der Waals surface area contributed by atoms with E-state index >= 15 is 0 Å². The molecule has 0 spiro atoms. The van der Waals surface area contributed by atoms with Crippen LogP contribution in [0.2, 0.25) is 0 Å². The number of likely N-dealkylation sites (tertiary alicyclic amines) is 1. The molecule has 18 heavy (non-hydrogen) atoms. The summed E-state index contributed by atoms with van der Waals surface area (Å²) in [5.74, 6) is 1.44. The second kappa shape index (κ2) is 5.16. The van der Waals surface area contributed by atoms with Crippen LogP contribution in [0.15, 0.2) is 18.2 Å². The van der Waals surface area contributed by atoms with Crippen LogP contribution in [0.1, 0.15) is 12.0 Å². The van der Waals surface area contributed by atoms with Gasteiger partial charge in [0.15, 0.2) is 11.5 Å². The summed E-state index contributed by atoms with van der Waals surface area (Å²) < 4.78 is 10.6. The number of methoxy groups -OCH3 is 2. The average Bonchev–Trinajstić information content (AvgIpc) is 2.80. The Morgan fingerprint density at radius 1 is 1.28 bits per heavy atom. The molecule has 2 rings (SSSR count). The summed E-state index contributed by atoms with van der Waals surface area (Å²) in [6.45, 7) is 2.04. The van der Waals surface area contributed by atoms with Crippen molar-refractivity contribution < 1.29 is 14.6 Å². The van der Waals surface area contributed by atoms with E-state index in [-0.39, 0.29) is 12.0 Å². The Balaban J connectivity index is 2.37. The largest absolute Gasteiger partial charge is 0.493 e. The van der Waals surface area contributed by atoms with Crippen molar-refractivity contribution in [2.75, 3.05) is 41.0 Å². The predicted octanol–water partition coefficient (Wildman–Crippen LogP) is 1.27. The van der Waals surface area contributed by atoms with Crippen molar-refractivity contribution in [3.8, 4) is 11.5 Å². The van der Waals surface area contributed by atoms with Crippen molar-refractivity contribution in [2.45, 2.75) is 11.8 Å². The highest BCUT2D eigenvalue weighted by atomic mass is 16.5. The third-order valence-corrected chi connectivity index (χ3v) is 3.84. The van der Waals surface area contributed by atoms with Gasteiger partial charge in [0.2, 0.25) is 0 Å². The number of nitrogens with zero attached hydrogens (tertiary/aromatic N) is 1. The fourth-order valence-electron chi connectivity index (χ4n) is 2.70. The second-order valence-electron chi connectivity index (χ2n) is 5.00. The minimum atomic E-state index is -0.172. The van der Waals surface area contributed by atoms with E-state index in [4.69, 9.17) is 9.47 Å². The van der Waals surface area contributed by atoms with Crippen LogP contribution in [0, 0.1) is 0 Å². The van der Waals surface area contributed by atoms with Crippen LogP contribution in [-0.2, 0) is 5.41 Å². The Morgan fingerprint density at radius 3 is 2.50 bits per heavy atom. The number of rotatable bonds is 4. The van der Waals surface area contributed by atoms with Crippen LogP contribution < -0.4 is 9.47 Å². The molecule has 0 amide bonds. The highest BCUT2D eigenvalue weighted by Gasteiger charge is 2.38. The molecule has 1 fully saturated rings. The molecule has 1 aromatic rings. The molecule has 1 aliphatic heterocycles. The normalized spacial score (nSPS) is 24.2. The third-order valence-electron chi connectivity index (χ3n) is 3.84. The van der Waals surface area contributed by atoms with Crippen LogP contribution in [0.4, 0.5) is 0 Å². The lowest BCUT2D eigenvalue weighted by atomic mass is 9.80. The molecular weight excluding hydrogens is 230 g/mol. The van der Waals surface area contributed by atoms with E-state index in [1.807, 2.05) is 18.2 Å². The molecule has 0 aromatic heterocycles. The van der Waals surface area contributed by atoms with E-state index < -0.39 is 0 Å². The smallest absolute Gasteiger partial charge is 0.161 e. The van der Waals surface area contributed by atoms with Crippen LogP contribution in [0.25, 0.3) is 0 Å². The van der Waals surface area contributed by atoms with E-state index in [0.29, 0.717) is 0 Å². The molecule has 1 N–H and O–H groups in total. The van der Waals surface area contributed by atoms with Gasteiger partial charge in [-0.2, -0.15) is 0 Å². The minimum absolute atomic E-state index is 0.160. The number of ether oxygens (including phenoxy) is 2. The van der Waals surface area contributed by atoms with Gasteiger partial charge in [-0.25, -0.2) is 0 Å². The monoisotopic (exact) mass is 251 g/mol. The minimum Gasteiger partial charge on any atom is -0.493 e. The van der Waals surface area contributed by atoms with Gasteiger partial charge in [-0.05, 0) is 37.7 Å². The van der Waals surface area contributed by atoms with Gasteiger partial charge in [0, 0.05) is 12.0 Å². The van der Waals surface area contributed by atoms with Gasteiger partial charge in [-0.15, -0.1) is 0 Å². The third kappa shape index (κ3) is 2.18. The average molecular weight is 251 g/mol. The molecule has 0 aliphatic carbocycles. The van der Waals surface area contributed by atoms with E-state index in [9.17, 15) is 5.11 Å². The van der Waals surface area contributed by atoms with Gasteiger partial charge in [0.1, 0.15) is 0 Å². The fraction of sp³-hybridized carbons (Fsp3) is 0.571. The van der Waals surface area contributed by atoms with Gasteiger partial charge in [-0.1, -0.05) is 6.07 Å². The maximum Gasteiger partial charge on any atom is 0.161 e. The van der Waals surface area contributed by atoms with Gasteiger partial charge in [-0.3, -0.25) is 0 Å². The van der Waals surface area contributed by atoms with Crippen LogP contribution >= 0.6 is 0 Å². The summed E-state index contributed by atoms with van der Waals surface area (Å²) in [7, 11) is 5.34. The fourth-order valence-corrected chi connectivity index (χ4v) is 2.70. The van der Waals surface area contributed by atoms with Crippen molar-refractivity contribution in [1.82, 2.24) is 4.90 Å². The predicted molar refractivity (Wildman–Crippen MR) is 70.4 cm³/mol. The molecule has 4 heteroatoms. The molecule has 1 atom stereocenters. The molecule has 4 nitrogen and oxygen atoms in total. The Labute approximate surface area is 108 Å². The zero-order valence-corrected chi connectivity index (χ0v) is 11.3. The lowest BCUT2D eigenvalue weighted by Crippen LogP contribution is -2.33. The maximum atomic E-state index is 9.78.